The van der Waals surface area contributed by atoms with E-state index in [1.54, 1.807) is 44.9 Å². The Bertz CT molecular complexity index is 1830. The molecule has 2 heterocycles. The number of carbonyl (C=O) groups excluding carboxylic acids is 6. The third-order valence-corrected chi connectivity index (χ3v) is 15.3. The molecule has 3 N–H and O–H groups in total. The number of Topliss-reactive ketones (excluding diaryl/α,β-unsaturated/α-hetero) is 2. The van der Waals surface area contributed by atoms with Crippen molar-refractivity contribution in [2.75, 3.05) is 61.2 Å². The van der Waals surface area contributed by atoms with Crippen molar-refractivity contribution in [2.24, 2.45) is 41.4 Å². The van der Waals surface area contributed by atoms with Gasteiger partial charge < -0.3 is 39.8 Å². The lowest BCUT2D eigenvalue weighted by molar-refractivity contribution is -0.149. The van der Waals surface area contributed by atoms with Crippen molar-refractivity contribution in [1.29, 1.82) is 0 Å². The standard InChI is InChI=1S/C52H83N5O11/c1-11-33(4)47(56(8)52(65)40(32(2)3)30-43(59)48-37-19-20-39(28-37)55(48)7)44(66-9)31-45(60)57-23-15-18-41(57)49(67-10)35(6)42(58)29-38(27-36-16-13-12-14-17-36)51(64)54-22-25-68-24-21-53-50(63)34(5)26-46(61)62/h12-14,16-17,32-35,37-41,44,47-49H,11,15,18-31H2,1-10H3,(H,53,63)(H,54,64)(H,61,62)/t33-,34?,35-,37-,38+,39+,40-,41-,44+,47-,48-,49+/m0/s1. The first-order valence-corrected chi connectivity index (χ1v) is 25.1. The molecule has 0 aromatic heterocycles. The second kappa shape index (κ2) is 27.2. The number of amides is 4. The summed E-state index contributed by atoms with van der Waals surface area (Å²) in [4.78, 5) is 99.4. The van der Waals surface area contributed by atoms with Crippen LogP contribution in [-0.4, -0.2) is 159 Å². The van der Waals surface area contributed by atoms with E-state index in [1.807, 2.05) is 51.2 Å². The Morgan fingerprint density at radius 1 is 0.853 bits per heavy atom. The molecule has 16 nitrogen and oxygen atoms in total. The van der Waals surface area contributed by atoms with Crippen LogP contribution in [0.3, 0.4) is 0 Å². The predicted octanol–water partition coefficient (Wildman–Crippen LogP) is 4.80. The summed E-state index contributed by atoms with van der Waals surface area (Å²) >= 11 is 0. The van der Waals surface area contributed by atoms with Crippen LogP contribution in [0, 0.1) is 41.4 Å². The monoisotopic (exact) mass is 954 g/mol. The average molecular weight is 954 g/mol. The van der Waals surface area contributed by atoms with Crippen LogP contribution in [0.25, 0.3) is 0 Å². The molecular formula is C52H83N5O11. The Labute approximate surface area is 405 Å². The summed E-state index contributed by atoms with van der Waals surface area (Å²) in [6.45, 7) is 12.6. The van der Waals surface area contributed by atoms with Gasteiger partial charge in [-0.15, -0.1) is 0 Å². The number of aliphatic carboxylic acids is 1. The number of fused-ring (bicyclic) bond motifs is 2. The fourth-order valence-electron chi connectivity index (χ4n) is 11.1. The number of carbonyl (C=O) groups is 7. The van der Waals surface area contributed by atoms with Gasteiger partial charge in [0.2, 0.25) is 23.6 Å². The number of piperidine rings is 1. The second-order valence-electron chi connectivity index (χ2n) is 20.2. The number of carboxylic acids is 1. The zero-order valence-electron chi connectivity index (χ0n) is 42.6. The lowest BCUT2D eigenvalue weighted by atomic mass is 9.83. The number of benzene rings is 1. The molecule has 1 unspecified atom stereocenters. The highest BCUT2D eigenvalue weighted by Gasteiger charge is 2.48. The van der Waals surface area contributed by atoms with Crippen LogP contribution in [0.1, 0.15) is 111 Å². The SMILES string of the molecule is CC[C@H](C)[C@@H]([C@@H](CC(=O)N1CCC[C@H]1[C@H](OC)[C@@H](C)C(=O)C[C@@H](Cc1ccccc1)C(=O)NCCOCCNC(=O)C(C)CC(=O)O)OC)N(C)C(=O)[C@@H](CC(=O)[C@@H]1[C@H]2CC[C@H](C2)N1C)C(C)C. The van der Waals surface area contributed by atoms with E-state index in [2.05, 4.69) is 29.4 Å². The molecule has 2 aliphatic heterocycles. The molecule has 1 aliphatic carbocycles. The molecule has 382 valence electrons. The first-order valence-electron chi connectivity index (χ1n) is 25.1. The minimum atomic E-state index is -1.05. The largest absolute Gasteiger partial charge is 0.481 e. The number of carboxylic acid groups (broad SMARTS) is 1. The minimum Gasteiger partial charge on any atom is -0.481 e. The molecule has 16 heteroatoms. The lowest BCUT2D eigenvalue weighted by Crippen LogP contribution is -2.54. The van der Waals surface area contributed by atoms with E-state index in [0.29, 0.717) is 31.3 Å². The van der Waals surface area contributed by atoms with Gasteiger partial charge in [0.25, 0.3) is 0 Å². The van der Waals surface area contributed by atoms with E-state index in [4.69, 9.17) is 19.3 Å². The van der Waals surface area contributed by atoms with E-state index >= 15 is 0 Å². The van der Waals surface area contributed by atoms with Gasteiger partial charge in [0.15, 0.2) is 5.78 Å². The smallest absolute Gasteiger partial charge is 0.304 e. The van der Waals surface area contributed by atoms with Crippen molar-refractivity contribution in [3.63, 3.8) is 0 Å². The Morgan fingerprint density at radius 2 is 1.51 bits per heavy atom. The number of likely N-dealkylation sites (N-methyl/N-ethyl adjacent to an activating group) is 2. The van der Waals surface area contributed by atoms with Crippen LogP contribution in [-0.2, 0) is 54.2 Å². The Balaban J connectivity index is 1.39. The van der Waals surface area contributed by atoms with Crippen LogP contribution < -0.4 is 10.6 Å². The molecule has 4 rings (SSSR count). The number of hydrogen-bond donors (Lipinski definition) is 3. The van der Waals surface area contributed by atoms with Gasteiger partial charge in [-0.25, -0.2) is 0 Å². The summed E-state index contributed by atoms with van der Waals surface area (Å²) in [6, 6.07) is 8.96. The van der Waals surface area contributed by atoms with E-state index in [0.717, 1.165) is 37.7 Å². The van der Waals surface area contributed by atoms with E-state index < -0.39 is 53.9 Å². The number of likely N-dealkylation sites (tertiary alicyclic amines) is 2. The minimum absolute atomic E-state index is 0.0171. The first-order chi connectivity index (χ1) is 32.3. The van der Waals surface area contributed by atoms with Gasteiger partial charge in [-0.2, -0.15) is 0 Å². The molecule has 2 saturated heterocycles. The number of ketones is 2. The summed E-state index contributed by atoms with van der Waals surface area (Å²) in [7, 11) is 6.95. The average Bonchev–Trinajstić information content (AvgIpc) is 4.07. The van der Waals surface area contributed by atoms with Crippen LogP contribution in [0.5, 0.6) is 0 Å². The van der Waals surface area contributed by atoms with E-state index in [1.165, 1.54) is 0 Å². The Kier molecular flexibility index (Phi) is 22.6. The summed E-state index contributed by atoms with van der Waals surface area (Å²) in [6.07, 6.45) is 4.28. The number of methoxy groups -OCH3 is 2. The van der Waals surface area contributed by atoms with Crippen LogP contribution in [0.4, 0.5) is 0 Å². The van der Waals surface area contributed by atoms with Gasteiger partial charge in [-0.3, -0.25) is 38.5 Å². The number of nitrogens with one attached hydrogen (secondary N) is 2. The van der Waals surface area contributed by atoms with Crippen molar-refractivity contribution in [3.05, 3.63) is 35.9 Å². The highest BCUT2D eigenvalue weighted by molar-refractivity contribution is 5.91. The molecule has 0 spiro atoms. The van der Waals surface area contributed by atoms with Crippen molar-refractivity contribution < 1.29 is 52.9 Å². The summed E-state index contributed by atoms with van der Waals surface area (Å²) in [5.74, 6) is -4.24. The third kappa shape index (κ3) is 15.1. The van der Waals surface area contributed by atoms with Gasteiger partial charge >= 0.3 is 5.97 Å². The van der Waals surface area contributed by atoms with E-state index in [-0.39, 0.29) is 105 Å². The van der Waals surface area contributed by atoms with Crippen molar-refractivity contribution >= 4 is 41.2 Å². The van der Waals surface area contributed by atoms with Crippen molar-refractivity contribution in [2.45, 2.75) is 149 Å². The predicted molar refractivity (Wildman–Crippen MR) is 258 cm³/mol. The molecule has 3 fully saturated rings. The summed E-state index contributed by atoms with van der Waals surface area (Å²) in [5.41, 5.74) is 0.903. The zero-order valence-corrected chi connectivity index (χ0v) is 42.6. The molecule has 1 aromatic rings. The van der Waals surface area contributed by atoms with E-state index in [9.17, 15) is 33.6 Å². The molecule has 3 aliphatic rings. The van der Waals surface area contributed by atoms with Gasteiger partial charge in [-0.1, -0.05) is 78.3 Å². The lowest BCUT2D eigenvalue weighted by Gasteiger charge is -2.41. The molecule has 1 aromatic carbocycles. The molecule has 4 amide bonds. The van der Waals surface area contributed by atoms with Gasteiger partial charge in [0, 0.05) is 83.5 Å². The van der Waals surface area contributed by atoms with Gasteiger partial charge in [-0.05, 0) is 68.9 Å². The Morgan fingerprint density at radius 3 is 2.09 bits per heavy atom. The number of ether oxygens (including phenoxy) is 3. The third-order valence-electron chi connectivity index (χ3n) is 15.3. The second-order valence-corrected chi connectivity index (χ2v) is 20.2. The first kappa shape index (κ1) is 56.3. The molecule has 2 bridgehead atoms. The van der Waals surface area contributed by atoms with Crippen LogP contribution in [0.2, 0.25) is 0 Å². The highest BCUT2D eigenvalue weighted by Crippen LogP contribution is 2.42. The molecular weight excluding hydrogens is 871 g/mol. The molecule has 12 atom stereocenters. The maximum Gasteiger partial charge on any atom is 0.304 e. The number of nitrogens with zero attached hydrogens (tertiary/aromatic N) is 3. The Hall–Kier alpha value is -4.25. The maximum absolute atomic E-state index is 14.5. The number of hydrogen-bond acceptors (Lipinski definition) is 11. The number of rotatable bonds is 30. The fourth-order valence-corrected chi connectivity index (χ4v) is 11.1. The topological polar surface area (TPSA) is 201 Å². The quantitative estimate of drug-likeness (QED) is 0.0892. The zero-order chi connectivity index (χ0) is 50.2. The van der Waals surface area contributed by atoms with Gasteiger partial charge in [0.05, 0.1) is 56.4 Å². The summed E-state index contributed by atoms with van der Waals surface area (Å²) in [5, 5.41) is 14.5. The molecule has 0 radical (unpaired) electrons. The van der Waals surface area contributed by atoms with Gasteiger partial charge in [0.1, 0.15) is 5.78 Å². The normalized spacial score (nSPS) is 22.7. The maximum atomic E-state index is 14.5. The van der Waals surface area contributed by atoms with Crippen molar-refractivity contribution in [1.82, 2.24) is 25.3 Å². The molecule has 68 heavy (non-hydrogen) atoms. The highest BCUT2D eigenvalue weighted by atomic mass is 16.5. The van der Waals surface area contributed by atoms with Crippen LogP contribution >= 0.6 is 0 Å². The van der Waals surface area contributed by atoms with Crippen molar-refractivity contribution in [3.8, 4) is 0 Å². The summed E-state index contributed by atoms with van der Waals surface area (Å²) < 4.78 is 17.8. The molecule has 1 saturated carbocycles. The fraction of sp³-hybridized carbons (Fsp3) is 0.750. The van der Waals surface area contributed by atoms with Crippen LogP contribution in [0.15, 0.2) is 30.3 Å².